The van der Waals surface area contributed by atoms with E-state index in [1.165, 1.54) is 23.3 Å². The Balaban J connectivity index is 1.44. The first-order valence-corrected chi connectivity index (χ1v) is 11.6. The molecule has 0 saturated heterocycles. The van der Waals surface area contributed by atoms with Crippen molar-refractivity contribution in [2.75, 3.05) is 20.8 Å². The summed E-state index contributed by atoms with van der Waals surface area (Å²) in [7, 11) is 3.45. The summed E-state index contributed by atoms with van der Waals surface area (Å²) in [5, 5.41) is 13.3. The molecule has 4 aliphatic rings. The van der Waals surface area contributed by atoms with E-state index in [-0.39, 0.29) is 16.9 Å². The average Bonchev–Trinajstić information content (AvgIpc) is 3.39. The Labute approximate surface area is 206 Å². The van der Waals surface area contributed by atoms with Crippen LogP contribution in [0.3, 0.4) is 0 Å². The number of methoxy groups -OCH3 is 1. The fraction of sp³-hybridized carbons (Fsp3) is 0.320. The molecule has 3 N–H and O–H groups in total. The van der Waals surface area contributed by atoms with Crippen LogP contribution in [0.2, 0.25) is 0 Å². The van der Waals surface area contributed by atoms with Gasteiger partial charge in [0.2, 0.25) is 5.84 Å². The summed E-state index contributed by atoms with van der Waals surface area (Å²) >= 11 is 0. The molecule has 0 amide bonds. The van der Waals surface area contributed by atoms with Crippen LogP contribution in [0.5, 0.6) is 11.5 Å². The number of aliphatic imine (C=N–C) groups is 1. The maximum absolute atomic E-state index is 14.9. The van der Waals surface area contributed by atoms with Gasteiger partial charge in [0, 0.05) is 36.2 Å². The van der Waals surface area contributed by atoms with Gasteiger partial charge in [-0.3, -0.25) is 21.3 Å². The highest BCUT2D eigenvalue weighted by molar-refractivity contribution is 5.99. The molecule has 1 unspecified atom stereocenters. The Morgan fingerprint density at radius 2 is 2.03 bits per heavy atom. The maximum atomic E-state index is 14.9. The lowest BCUT2D eigenvalue weighted by molar-refractivity contribution is -0.415. The van der Waals surface area contributed by atoms with Crippen LogP contribution in [0.4, 0.5) is 4.39 Å². The number of hydrogen-bond donors (Lipinski definition) is 2. The SMILES string of the molecule is COc1ccc(CN(C)C2=CC(N)(c3cc(F)cc4c3OCC43CC3)N=C3C([N+](=O)[O-])=CNN23)cc1. The van der Waals surface area contributed by atoms with E-state index in [0.717, 1.165) is 29.7 Å². The third-order valence-electron chi connectivity index (χ3n) is 7.21. The normalized spacial score (nSPS) is 22.6. The number of hydrazine groups is 1. The smallest absolute Gasteiger partial charge is 0.330 e. The van der Waals surface area contributed by atoms with Gasteiger partial charge < -0.3 is 14.4 Å². The fourth-order valence-corrected chi connectivity index (χ4v) is 5.05. The van der Waals surface area contributed by atoms with Crippen LogP contribution in [-0.4, -0.2) is 41.4 Å². The molecule has 1 fully saturated rings. The van der Waals surface area contributed by atoms with Crippen LogP contribution in [0.25, 0.3) is 0 Å². The van der Waals surface area contributed by atoms with E-state index in [1.807, 2.05) is 36.2 Å². The fourth-order valence-electron chi connectivity index (χ4n) is 5.05. The molecule has 3 heterocycles. The van der Waals surface area contributed by atoms with Crippen molar-refractivity contribution >= 4 is 5.84 Å². The first kappa shape index (κ1) is 22.4. The molecule has 6 rings (SSSR count). The summed E-state index contributed by atoms with van der Waals surface area (Å²) in [4.78, 5) is 17.7. The Morgan fingerprint density at radius 1 is 1.31 bits per heavy atom. The summed E-state index contributed by atoms with van der Waals surface area (Å²) in [5.74, 6) is 1.38. The molecule has 186 valence electrons. The number of nitrogens with zero attached hydrogens (tertiary/aromatic N) is 4. The Morgan fingerprint density at radius 3 is 2.69 bits per heavy atom. The van der Waals surface area contributed by atoms with Crippen LogP contribution in [0.1, 0.15) is 29.5 Å². The number of benzene rings is 2. The number of nitro groups is 1. The summed E-state index contributed by atoms with van der Waals surface area (Å²) in [5.41, 5.74) is 9.88. The first-order chi connectivity index (χ1) is 17.2. The number of nitrogens with two attached hydrogens (primary N) is 1. The van der Waals surface area contributed by atoms with Gasteiger partial charge in [0.15, 0.2) is 5.66 Å². The third kappa shape index (κ3) is 3.38. The molecule has 1 atom stereocenters. The van der Waals surface area contributed by atoms with Crippen molar-refractivity contribution < 1.29 is 18.8 Å². The second-order valence-electron chi connectivity index (χ2n) is 9.62. The quantitative estimate of drug-likeness (QED) is 0.467. The number of fused-ring (bicyclic) bond motifs is 3. The lowest BCUT2D eigenvalue weighted by Gasteiger charge is -2.37. The number of nitrogens with one attached hydrogen (secondary N) is 1. The van der Waals surface area contributed by atoms with Crippen LogP contribution in [-0.2, 0) is 17.6 Å². The highest BCUT2D eigenvalue weighted by atomic mass is 19.1. The van der Waals surface area contributed by atoms with Crippen LogP contribution < -0.4 is 20.6 Å². The van der Waals surface area contributed by atoms with Crippen molar-refractivity contribution in [1.29, 1.82) is 0 Å². The number of hydrogen-bond acceptors (Lipinski definition) is 9. The van der Waals surface area contributed by atoms with Gasteiger partial charge in [0.05, 0.1) is 18.6 Å². The molecule has 11 heteroatoms. The van der Waals surface area contributed by atoms with Gasteiger partial charge in [-0.1, -0.05) is 12.1 Å². The number of halogens is 1. The molecule has 1 spiro atoms. The van der Waals surface area contributed by atoms with Crippen LogP contribution in [0, 0.1) is 15.9 Å². The molecule has 2 aromatic carbocycles. The predicted octanol–water partition coefficient (Wildman–Crippen LogP) is 2.69. The molecule has 2 aromatic rings. The van der Waals surface area contributed by atoms with Gasteiger partial charge in [-0.2, -0.15) is 0 Å². The average molecular weight is 493 g/mol. The van der Waals surface area contributed by atoms with E-state index >= 15 is 0 Å². The molecule has 0 aromatic heterocycles. The van der Waals surface area contributed by atoms with Gasteiger partial charge in [-0.25, -0.2) is 14.4 Å². The Bertz CT molecular complexity index is 1370. The standard InChI is InChI=1S/C25H25FN6O4/c1-30(13-15-3-5-17(35-2)6-4-15)21-11-25(27,29-23-20(32(33)34)12-28-31(21)23)19-10-16(26)9-18-22(19)36-14-24(18)7-8-24/h3-6,9-12,28H,7-8,13-14,27H2,1-2H3. The minimum atomic E-state index is -1.59. The zero-order chi connectivity index (χ0) is 25.2. The van der Waals surface area contributed by atoms with E-state index in [4.69, 9.17) is 15.2 Å². The van der Waals surface area contributed by atoms with Crippen LogP contribution in [0.15, 0.2) is 65.2 Å². The van der Waals surface area contributed by atoms with Gasteiger partial charge in [0.25, 0.3) is 0 Å². The van der Waals surface area contributed by atoms with Crippen molar-refractivity contribution in [2.45, 2.75) is 30.5 Å². The molecule has 10 nitrogen and oxygen atoms in total. The monoisotopic (exact) mass is 492 g/mol. The van der Waals surface area contributed by atoms with Gasteiger partial charge in [-0.15, -0.1) is 0 Å². The Hall–Kier alpha value is -4.12. The molecule has 3 aliphatic heterocycles. The molecule has 1 aliphatic carbocycles. The zero-order valence-electron chi connectivity index (χ0n) is 19.8. The highest BCUT2D eigenvalue weighted by Crippen LogP contribution is 2.57. The number of rotatable bonds is 6. The molecule has 0 bridgehead atoms. The Kier molecular flexibility index (Phi) is 4.77. The van der Waals surface area contributed by atoms with E-state index < -0.39 is 16.4 Å². The first-order valence-electron chi connectivity index (χ1n) is 11.6. The van der Waals surface area contributed by atoms with Crippen LogP contribution >= 0.6 is 0 Å². The van der Waals surface area contributed by atoms with E-state index in [0.29, 0.717) is 30.3 Å². The van der Waals surface area contributed by atoms with E-state index in [2.05, 4.69) is 10.4 Å². The summed E-state index contributed by atoms with van der Waals surface area (Å²) in [6.45, 7) is 0.930. The predicted molar refractivity (Wildman–Crippen MR) is 129 cm³/mol. The topological polar surface area (TPSA) is 118 Å². The lowest BCUT2D eigenvalue weighted by Crippen LogP contribution is -2.49. The van der Waals surface area contributed by atoms with Gasteiger partial charge in [-0.05, 0) is 42.7 Å². The lowest BCUT2D eigenvalue weighted by atomic mass is 9.90. The number of ether oxygens (including phenoxy) is 2. The van der Waals surface area contributed by atoms with Gasteiger partial charge in [0.1, 0.15) is 29.3 Å². The minimum absolute atomic E-state index is 0.0405. The largest absolute Gasteiger partial charge is 0.497 e. The minimum Gasteiger partial charge on any atom is -0.497 e. The molecular formula is C25H25FN6O4. The van der Waals surface area contributed by atoms with Crippen molar-refractivity contribution in [3.63, 3.8) is 0 Å². The van der Waals surface area contributed by atoms with Crippen molar-refractivity contribution in [3.05, 3.63) is 92.8 Å². The summed E-state index contributed by atoms with van der Waals surface area (Å²) < 4.78 is 26.1. The van der Waals surface area contributed by atoms with Crippen molar-refractivity contribution in [2.24, 2.45) is 10.7 Å². The second-order valence-corrected chi connectivity index (χ2v) is 9.62. The van der Waals surface area contributed by atoms with E-state index in [9.17, 15) is 14.5 Å². The van der Waals surface area contributed by atoms with E-state index in [1.54, 1.807) is 13.2 Å². The van der Waals surface area contributed by atoms with Crippen molar-refractivity contribution in [1.82, 2.24) is 15.3 Å². The number of amidine groups is 1. The van der Waals surface area contributed by atoms with Crippen molar-refractivity contribution in [3.8, 4) is 11.5 Å². The molecule has 36 heavy (non-hydrogen) atoms. The molecule has 1 saturated carbocycles. The highest BCUT2D eigenvalue weighted by Gasteiger charge is 2.53. The zero-order valence-corrected chi connectivity index (χ0v) is 19.8. The molecular weight excluding hydrogens is 467 g/mol. The molecule has 0 radical (unpaired) electrons. The van der Waals surface area contributed by atoms with Gasteiger partial charge >= 0.3 is 5.70 Å². The maximum Gasteiger partial charge on any atom is 0.330 e. The summed E-state index contributed by atoms with van der Waals surface area (Å²) in [6, 6.07) is 10.4. The third-order valence-corrected chi connectivity index (χ3v) is 7.21. The summed E-state index contributed by atoms with van der Waals surface area (Å²) in [6.07, 6.45) is 4.80. The second kappa shape index (κ2) is 7.69.